The molecule has 0 bridgehead atoms. The van der Waals surface area contributed by atoms with Gasteiger partial charge in [0.25, 0.3) is 5.91 Å². The molecule has 0 aliphatic carbocycles. The van der Waals surface area contributed by atoms with Crippen LogP contribution in [0.5, 0.6) is 11.5 Å². The molecule has 0 spiro atoms. The molecule has 2 heterocycles. The quantitative estimate of drug-likeness (QED) is 0.696. The van der Waals surface area contributed by atoms with Crippen molar-refractivity contribution in [2.75, 3.05) is 23.8 Å². The lowest BCUT2D eigenvalue weighted by Gasteiger charge is -2.19. The van der Waals surface area contributed by atoms with Crippen molar-refractivity contribution in [1.82, 2.24) is 4.98 Å². The average molecular weight is 375 g/mol. The summed E-state index contributed by atoms with van der Waals surface area (Å²) in [6.07, 6.45) is 1.62. The van der Waals surface area contributed by atoms with Crippen LogP contribution in [0.3, 0.4) is 0 Å². The van der Waals surface area contributed by atoms with Gasteiger partial charge in [-0.05, 0) is 36.8 Å². The fraction of sp³-hybridized carbons (Fsp3) is 0.182. The minimum Gasteiger partial charge on any atom is -0.486 e. The molecule has 0 radical (unpaired) electrons. The Hall–Kier alpha value is -3.54. The summed E-state index contributed by atoms with van der Waals surface area (Å²) in [5, 5.41) is 6.22. The smallest absolute Gasteiger partial charge is 0.255 e. The van der Waals surface area contributed by atoms with Crippen molar-refractivity contribution in [3.63, 3.8) is 0 Å². The van der Waals surface area contributed by atoms with Gasteiger partial charge in [-0.25, -0.2) is 4.98 Å². The molecule has 2 N–H and O–H groups in total. The number of nitrogens with zero attached hydrogens (tertiary/aromatic N) is 1. The molecule has 6 heteroatoms. The van der Waals surface area contributed by atoms with Crippen molar-refractivity contribution in [1.29, 1.82) is 0 Å². The zero-order valence-electron chi connectivity index (χ0n) is 15.5. The third-order valence-electron chi connectivity index (χ3n) is 4.49. The number of carbonyl (C=O) groups excluding carboxylic acids is 1. The molecule has 142 valence electrons. The highest BCUT2D eigenvalue weighted by molar-refractivity contribution is 6.04. The van der Waals surface area contributed by atoms with Crippen LogP contribution in [-0.2, 0) is 0 Å². The fourth-order valence-electron chi connectivity index (χ4n) is 3.02. The summed E-state index contributed by atoms with van der Waals surface area (Å²) >= 11 is 0. The highest BCUT2D eigenvalue weighted by Crippen LogP contribution is 2.32. The molecule has 0 fully saturated rings. The third kappa shape index (κ3) is 4.06. The van der Waals surface area contributed by atoms with Gasteiger partial charge in [0.2, 0.25) is 0 Å². The van der Waals surface area contributed by atoms with E-state index in [1.165, 1.54) is 0 Å². The van der Waals surface area contributed by atoms with E-state index in [4.69, 9.17) is 9.47 Å². The van der Waals surface area contributed by atoms with Crippen molar-refractivity contribution in [2.45, 2.75) is 13.0 Å². The summed E-state index contributed by atoms with van der Waals surface area (Å²) in [7, 11) is 0. The maximum Gasteiger partial charge on any atom is 0.255 e. The summed E-state index contributed by atoms with van der Waals surface area (Å²) in [6.45, 7) is 3.09. The molecular formula is C22H21N3O3. The Morgan fingerprint density at radius 3 is 2.61 bits per heavy atom. The van der Waals surface area contributed by atoms with Crippen molar-refractivity contribution >= 4 is 17.4 Å². The highest BCUT2D eigenvalue weighted by Gasteiger charge is 2.14. The number of hydrogen-bond acceptors (Lipinski definition) is 5. The summed E-state index contributed by atoms with van der Waals surface area (Å²) in [4.78, 5) is 17.0. The largest absolute Gasteiger partial charge is 0.486 e. The first-order valence-electron chi connectivity index (χ1n) is 9.17. The number of hydrogen-bond donors (Lipinski definition) is 2. The van der Waals surface area contributed by atoms with Gasteiger partial charge < -0.3 is 20.1 Å². The van der Waals surface area contributed by atoms with E-state index in [0.29, 0.717) is 41.8 Å². The van der Waals surface area contributed by atoms with Crippen molar-refractivity contribution in [3.05, 3.63) is 78.0 Å². The van der Waals surface area contributed by atoms with Gasteiger partial charge in [-0.2, -0.15) is 0 Å². The van der Waals surface area contributed by atoms with E-state index in [-0.39, 0.29) is 11.9 Å². The van der Waals surface area contributed by atoms with E-state index < -0.39 is 0 Å². The number of carbonyl (C=O) groups is 1. The van der Waals surface area contributed by atoms with Crippen LogP contribution in [0.1, 0.15) is 28.9 Å². The van der Waals surface area contributed by atoms with Crippen LogP contribution in [0.2, 0.25) is 0 Å². The van der Waals surface area contributed by atoms with E-state index in [0.717, 1.165) is 5.56 Å². The van der Waals surface area contributed by atoms with Gasteiger partial charge in [-0.1, -0.05) is 30.3 Å². The Bertz CT molecular complexity index is 976. The second kappa shape index (κ2) is 8.00. The zero-order valence-corrected chi connectivity index (χ0v) is 15.5. The summed E-state index contributed by atoms with van der Waals surface area (Å²) < 4.78 is 11.1. The summed E-state index contributed by atoms with van der Waals surface area (Å²) in [6, 6.07) is 18.9. The summed E-state index contributed by atoms with van der Waals surface area (Å²) in [5.74, 6) is 1.76. The number of anilines is 2. The molecule has 3 aromatic rings. The normalized spacial score (nSPS) is 13.5. The van der Waals surface area contributed by atoms with Gasteiger partial charge in [-0.3, -0.25) is 4.79 Å². The molecule has 28 heavy (non-hydrogen) atoms. The number of nitrogens with one attached hydrogen (secondary N) is 2. The minimum absolute atomic E-state index is 0.0739. The monoisotopic (exact) mass is 375 g/mol. The van der Waals surface area contributed by atoms with E-state index in [1.54, 1.807) is 36.5 Å². The number of rotatable bonds is 5. The number of benzene rings is 2. The standard InChI is InChI=1S/C22H21N3O3/c1-15(16-5-3-2-4-6-16)24-21-13-17(9-10-23-21)22(26)25-18-7-8-19-20(14-18)28-12-11-27-19/h2-10,13-15H,11-12H2,1H3,(H,23,24)(H,25,26). The highest BCUT2D eigenvalue weighted by atomic mass is 16.6. The molecule has 1 unspecified atom stereocenters. The molecule has 1 aliphatic heterocycles. The molecule has 1 amide bonds. The molecule has 2 aromatic carbocycles. The number of pyridine rings is 1. The molecule has 4 rings (SSSR count). The first-order valence-corrected chi connectivity index (χ1v) is 9.17. The van der Waals surface area contributed by atoms with E-state index in [9.17, 15) is 4.79 Å². The van der Waals surface area contributed by atoms with Gasteiger partial charge in [0, 0.05) is 29.6 Å². The van der Waals surface area contributed by atoms with E-state index in [2.05, 4.69) is 34.7 Å². The maximum atomic E-state index is 12.7. The lowest BCUT2D eigenvalue weighted by atomic mass is 10.1. The van der Waals surface area contributed by atoms with Gasteiger partial charge >= 0.3 is 0 Å². The second-order valence-electron chi connectivity index (χ2n) is 6.52. The number of amides is 1. The first-order chi connectivity index (χ1) is 13.7. The molecule has 1 aromatic heterocycles. The van der Waals surface area contributed by atoms with Crippen LogP contribution in [0.15, 0.2) is 66.9 Å². The van der Waals surface area contributed by atoms with Gasteiger partial charge in [-0.15, -0.1) is 0 Å². The topological polar surface area (TPSA) is 72.5 Å². The van der Waals surface area contributed by atoms with Crippen LogP contribution < -0.4 is 20.1 Å². The van der Waals surface area contributed by atoms with Crippen LogP contribution in [0.25, 0.3) is 0 Å². The minimum atomic E-state index is -0.213. The third-order valence-corrected chi connectivity index (χ3v) is 4.49. The number of fused-ring (bicyclic) bond motifs is 1. The molecule has 0 saturated carbocycles. The molecule has 0 saturated heterocycles. The number of ether oxygens (including phenoxy) is 2. The fourth-order valence-corrected chi connectivity index (χ4v) is 3.02. The lowest BCUT2D eigenvalue weighted by molar-refractivity contribution is 0.102. The molecule has 1 aliphatic rings. The lowest BCUT2D eigenvalue weighted by Crippen LogP contribution is -2.16. The average Bonchev–Trinajstić information content (AvgIpc) is 2.74. The van der Waals surface area contributed by atoms with Crippen molar-refractivity contribution in [2.24, 2.45) is 0 Å². The van der Waals surface area contributed by atoms with E-state index >= 15 is 0 Å². The predicted molar refractivity (Wildman–Crippen MR) is 108 cm³/mol. The molecule has 1 atom stereocenters. The summed E-state index contributed by atoms with van der Waals surface area (Å²) in [5.41, 5.74) is 2.32. The Morgan fingerprint density at radius 1 is 1.00 bits per heavy atom. The Morgan fingerprint density at radius 2 is 1.79 bits per heavy atom. The van der Waals surface area contributed by atoms with E-state index in [1.807, 2.05) is 18.2 Å². The van der Waals surface area contributed by atoms with Crippen LogP contribution >= 0.6 is 0 Å². The van der Waals surface area contributed by atoms with Crippen molar-refractivity contribution in [3.8, 4) is 11.5 Å². The maximum absolute atomic E-state index is 12.7. The van der Waals surface area contributed by atoms with Crippen LogP contribution in [-0.4, -0.2) is 24.1 Å². The predicted octanol–water partition coefficient (Wildman–Crippen LogP) is 4.28. The molecule has 6 nitrogen and oxygen atoms in total. The Balaban J connectivity index is 1.45. The SMILES string of the molecule is CC(Nc1cc(C(=O)Nc2ccc3c(c2)OCCO3)ccn1)c1ccccc1. The van der Waals surface area contributed by atoms with Crippen molar-refractivity contribution < 1.29 is 14.3 Å². The zero-order chi connectivity index (χ0) is 19.3. The Kier molecular flexibility index (Phi) is 5.10. The van der Waals surface area contributed by atoms with Gasteiger partial charge in [0.05, 0.1) is 0 Å². The van der Waals surface area contributed by atoms with Gasteiger partial charge in [0.15, 0.2) is 11.5 Å². The van der Waals surface area contributed by atoms with Crippen LogP contribution in [0.4, 0.5) is 11.5 Å². The Labute approximate surface area is 163 Å². The van der Waals surface area contributed by atoms with Gasteiger partial charge in [0.1, 0.15) is 19.0 Å². The second-order valence-corrected chi connectivity index (χ2v) is 6.52. The van der Waals surface area contributed by atoms with Crippen LogP contribution in [0, 0.1) is 0 Å². The first kappa shape index (κ1) is 17.9. The molecular weight excluding hydrogens is 354 g/mol. The number of aromatic nitrogens is 1.